The van der Waals surface area contributed by atoms with Crippen molar-refractivity contribution >= 4 is 0 Å². The maximum atomic E-state index is 13.2. The number of halogens is 1. The fraction of sp³-hybridized carbons (Fsp3) is 0.625. The van der Waals surface area contributed by atoms with E-state index in [1.807, 2.05) is 0 Å². The molecule has 1 fully saturated rings. The van der Waals surface area contributed by atoms with E-state index < -0.39 is 6.10 Å². The monoisotopic (exact) mass is 265 g/mol. The summed E-state index contributed by atoms with van der Waals surface area (Å²) >= 11 is 0. The van der Waals surface area contributed by atoms with Crippen LogP contribution in [0.15, 0.2) is 18.2 Å². The number of piperidine rings is 1. The van der Waals surface area contributed by atoms with Crippen molar-refractivity contribution in [3.8, 4) is 0 Å². The van der Waals surface area contributed by atoms with Crippen LogP contribution in [-0.2, 0) is 0 Å². The molecule has 1 aromatic carbocycles. The quantitative estimate of drug-likeness (QED) is 0.907. The largest absolute Gasteiger partial charge is 0.387 e. The Morgan fingerprint density at radius 1 is 1.32 bits per heavy atom. The van der Waals surface area contributed by atoms with Gasteiger partial charge in [-0.2, -0.15) is 0 Å². The van der Waals surface area contributed by atoms with Gasteiger partial charge < -0.3 is 5.11 Å². The molecule has 3 heteroatoms. The third-order valence-corrected chi connectivity index (χ3v) is 3.94. The summed E-state index contributed by atoms with van der Waals surface area (Å²) in [5.74, 6) is 1.16. The smallest absolute Gasteiger partial charge is 0.126 e. The van der Waals surface area contributed by atoms with Crippen molar-refractivity contribution in [2.75, 3.05) is 19.6 Å². The van der Waals surface area contributed by atoms with Crippen molar-refractivity contribution in [1.82, 2.24) is 4.90 Å². The Balaban J connectivity index is 2.00. The van der Waals surface area contributed by atoms with Crippen molar-refractivity contribution in [3.63, 3.8) is 0 Å². The molecule has 0 saturated carbocycles. The summed E-state index contributed by atoms with van der Waals surface area (Å²) in [6, 6.07) is 4.87. The molecule has 0 bridgehead atoms. The summed E-state index contributed by atoms with van der Waals surface area (Å²) in [5, 5.41) is 10.3. The first-order valence-electron chi connectivity index (χ1n) is 7.12. The lowest BCUT2D eigenvalue weighted by Crippen LogP contribution is -2.40. The molecule has 1 aromatic rings. The van der Waals surface area contributed by atoms with Crippen LogP contribution in [0, 0.1) is 24.6 Å². The van der Waals surface area contributed by atoms with E-state index in [2.05, 4.69) is 18.7 Å². The molecule has 2 nitrogen and oxygen atoms in total. The summed E-state index contributed by atoms with van der Waals surface area (Å²) in [5.41, 5.74) is 1.40. The topological polar surface area (TPSA) is 23.5 Å². The van der Waals surface area contributed by atoms with E-state index in [0.29, 0.717) is 23.9 Å². The SMILES string of the molecule is Cc1cc(C(O)CN2CC(C)CC(C)C2)ccc1F. The maximum absolute atomic E-state index is 13.2. The van der Waals surface area contributed by atoms with Crippen molar-refractivity contribution in [2.45, 2.75) is 33.3 Å². The van der Waals surface area contributed by atoms with Crippen LogP contribution in [0.5, 0.6) is 0 Å². The van der Waals surface area contributed by atoms with Crippen LogP contribution < -0.4 is 0 Å². The second-order valence-corrected chi connectivity index (χ2v) is 6.19. The third-order valence-electron chi connectivity index (χ3n) is 3.94. The zero-order chi connectivity index (χ0) is 14.0. The van der Waals surface area contributed by atoms with Gasteiger partial charge in [0.25, 0.3) is 0 Å². The second kappa shape index (κ2) is 6.02. The summed E-state index contributed by atoms with van der Waals surface area (Å²) < 4.78 is 13.2. The van der Waals surface area contributed by atoms with Gasteiger partial charge in [0, 0.05) is 19.6 Å². The van der Waals surface area contributed by atoms with Gasteiger partial charge in [0.15, 0.2) is 0 Å². The Hall–Kier alpha value is -0.930. The van der Waals surface area contributed by atoms with Crippen molar-refractivity contribution in [2.24, 2.45) is 11.8 Å². The standard InChI is InChI=1S/C16H24FNO/c1-11-6-12(2)9-18(8-11)10-16(19)14-4-5-15(17)13(3)7-14/h4-5,7,11-12,16,19H,6,8-10H2,1-3H3. The van der Waals surface area contributed by atoms with Crippen molar-refractivity contribution in [1.29, 1.82) is 0 Å². The molecule has 2 rings (SSSR count). The summed E-state index contributed by atoms with van der Waals surface area (Å²) in [6.45, 7) is 8.98. The molecular formula is C16H24FNO. The molecule has 19 heavy (non-hydrogen) atoms. The number of hydrogen-bond donors (Lipinski definition) is 1. The highest BCUT2D eigenvalue weighted by atomic mass is 19.1. The van der Waals surface area contributed by atoms with Gasteiger partial charge in [-0.1, -0.05) is 26.0 Å². The zero-order valence-electron chi connectivity index (χ0n) is 12.1. The van der Waals surface area contributed by atoms with Gasteiger partial charge in [-0.25, -0.2) is 4.39 Å². The van der Waals surface area contributed by atoms with E-state index in [-0.39, 0.29) is 5.82 Å². The second-order valence-electron chi connectivity index (χ2n) is 6.19. The molecule has 0 spiro atoms. The highest BCUT2D eigenvalue weighted by molar-refractivity contribution is 5.25. The Bertz CT molecular complexity index is 425. The van der Waals surface area contributed by atoms with Gasteiger partial charge >= 0.3 is 0 Å². The van der Waals surface area contributed by atoms with Crippen molar-refractivity contribution in [3.05, 3.63) is 35.1 Å². The number of hydrogen-bond acceptors (Lipinski definition) is 2. The number of aryl methyl sites for hydroxylation is 1. The lowest BCUT2D eigenvalue weighted by molar-refractivity contribution is 0.0699. The molecule has 106 valence electrons. The molecule has 1 heterocycles. The minimum absolute atomic E-state index is 0.212. The number of nitrogens with zero attached hydrogens (tertiary/aromatic N) is 1. The number of aliphatic hydroxyl groups is 1. The van der Waals surface area contributed by atoms with E-state index in [1.165, 1.54) is 12.5 Å². The number of aliphatic hydroxyl groups excluding tert-OH is 1. The van der Waals surface area contributed by atoms with Gasteiger partial charge in [0.05, 0.1) is 6.10 Å². The van der Waals surface area contributed by atoms with Crippen molar-refractivity contribution < 1.29 is 9.50 Å². The van der Waals surface area contributed by atoms with Crippen LogP contribution >= 0.6 is 0 Å². The van der Waals surface area contributed by atoms with Crippen LogP contribution in [0.4, 0.5) is 4.39 Å². The first-order chi connectivity index (χ1) is 8.95. The predicted octanol–water partition coefficient (Wildman–Crippen LogP) is 3.15. The Morgan fingerprint density at radius 3 is 2.53 bits per heavy atom. The summed E-state index contributed by atoms with van der Waals surface area (Å²) in [7, 11) is 0. The fourth-order valence-corrected chi connectivity index (χ4v) is 3.17. The molecule has 0 amide bonds. The van der Waals surface area contributed by atoms with Crippen LogP contribution in [0.1, 0.15) is 37.5 Å². The van der Waals surface area contributed by atoms with Crippen LogP contribution in [-0.4, -0.2) is 29.6 Å². The third kappa shape index (κ3) is 3.77. The molecule has 3 unspecified atom stereocenters. The van der Waals surface area contributed by atoms with Crippen LogP contribution in [0.25, 0.3) is 0 Å². The molecule has 0 aliphatic carbocycles. The Morgan fingerprint density at radius 2 is 1.95 bits per heavy atom. The average molecular weight is 265 g/mol. The highest BCUT2D eigenvalue weighted by Crippen LogP contribution is 2.24. The molecule has 1 N–H and O–H groups in total. The minimum atomic E-state index is -0.531. The molecule has 1 saturated heterocycles. The lowest BCUT2D eigenvalue weighted by atomic mass is 9.91. The summed E-state index contributed by atoms with van der Waals surface area (Å²) in [4.78, 5) is 2.32. The molecule has 1 aliphatic rings. The van der Waals surface area contributed by atoms with Gasteiger partial charge in [0.2, 0.25) is 0 Å². The highest BCUT2D eigenvalue weighted by Gasteiger charge is 2.23. The molecule has 0 aromatic heterocycles. The van der Waals surface area contributed by atoms with Gasteiger partial charge in [-0.05, 0) is 42.4 Å². The molecule has 3 atom stereocenters. The fourth-order valence-electron chi connectivity index (χ4n) is 3.17. The number of likely N-dealkylation sites (tertiary alicyclic amines) is 1. The molecular weight excluding hydrogens is 241 g/mol. The van der Waals surface area contributed by atoms with E-state index in [1.54, 1.807) is 19.1 Å². The number of β-amino-alcohol motifs (C(OH)–C–C–N with tert-alkyl or cyclic N) is 1. The zero-order valence-corrected chi connectivity index (χ0v) is 12.1. The predicted molar refractivity (Wildman–Crippen MR) is 75.5 cm³/mol. The van der Waals surface area contributed by atoms with E-state index in [4.69, 9.17) is 0 Å². The van der Waals surface area contributed by atoms with Gasteiger partial charge in [0.1, 0.15) is 5.82 Å². The number of benzene rings is 1. The van der Waals surface area contributed by atoms with Crippen LogP contribution in [0.3, 0.4) is 0 Å². The lowest BCUT2D eigenvalue weighted by Gasteiger charge is -2.36. The van der Waals surface area contributed by atoms with Gasteiger partial charge in [-0.3, -0.25) is 4.90 Å². The molecule has 0 radical (unpaired) electrons. The summed E-state index contributed by atoms with van der Waals surface area (Å²) in [6.07, 6.45) is 0.735. The van der Waals surface area contributed by atoms with E-state index >= 15 is 0 Å². The first-order valence-corrected chi connectivity index (χ1v) is 7.12. The average Bonchev–Trinajstić information content (AvgIpc) is 2.31. The van der Waals surface area contributed by atoms with Gasteiger partial charge in [-0.15, -0.1) is 0 Å². The van der Waals surface area contributed by atoms with E-state index in [0.717, 1.165) is 18.7 Å². The minimum Gasteiger partial charge on any atom is -0.387 e. The Labute approximate surface area is 115 Å². The molecule has 1 aliphatic heterocycles. The van der Waals surface area contributed by atoms with E-state index in [9.17, 15) is 9.50 Å². The van der Waals surface area contributed by atoms with Crippen LogP contribution in [0.2, 0.25) is 0 Å². The maximum Gasteiger partial charge on any atom is 0.126 e. The first kappa shape index (κ1) is 14.5. The Kier molecular flexibility index (Phi) is 4.58. The number of rotatable bonds is 3. The normalized spacial score (nSPS) is 26.4.